The maximum Gasteiger partial charge on any atom is 0.243 e. The van der Waals surface area contributed by atoms with Gasteiger partial charge in [-0.3, -0.25) is 4.79 Å². The molecule has 0 fully saturated rings. The molecule has 0 saturated heterocycles. The minimum Gasteiger partial charge on any atom is -0.394 e. The third kappa shape index (κ3) is 8.40. The summed E-state index contributed by atoms with van der Waals surface area (Å²) in [5.74, 6) is -0.0416. The summed E-state index contributed by atoms with van der Waals surface area (Å²) in [5, 5.41) is 49.4. The fourth-order valence-corrected chi connectivity index (χ4v) is 1.74. The van der Waals surface area contributed by atoms with Crippen LogP contribution in [0.25, 0.3) is 0 Å². The fourth-order valence-electron chi connectivity index (χ4n) is 1.74. The number of nitrogens with one attached hydrogen (secondary N) is 1. The highest BCUT2D eigenvalue weighted by atomic mass is 16.5. The molecular weight excluding hydrogens is 306 g/mol. The molecule has 0 aromatic heterocycles. The molecule has 0 radical (unpaired) electrons. The lowest BCUT2D eigenvalue weighted by Crippen LogP contribution is -2.47. The van der Waals surface area contributed by atoms with Crippen molar-refractivity contribution in [2.24, 2.45) is 11.8 Å². The Bertz CT molecular complexity index is 353. The second-order valence-electron chi connectivity index (χ2n) is 5.74. The summed E-state index contributed by atoms with van der Waals surface area (Å²) >= 11 is 0. The normalized spacial score (nSPS) is 19.3. The molecular formula is C15H29NO7. The van der Waals surface area contributed by atoms with Crippen molar-refractivity contribution in [1.29, 1.82) is 0 Å². The zero-order chi connectivity index (χ0) is 18.0. The van der Waals surface area contributed by atoms with Crippen LogP contribution in [0.5, 0.6) is 0 Å². The average molecular weight is 335 g/mol. The van der Waals surface area contributed by atoms with Gasteiger partial charge in [-0.1, -0.05) is 20.4 Å². The van der Waals surface area contributed by atoms with E-state index in [2.05, 4.69) is 11.9 Å². The summed E-state index contributed by atoms with van der Waals surface area (Å²) in [4.78, 5) is 11.1. The molecule has 0 rings (SSSR count). The molecule has 0 aliphatic heterocycles. The molecule has 0 bridgehead atoms. The van der Waals surface area contributed by atoms with Gasteiger partial charge in [0.1, 0.15) is 24.4 Å². The van der Waals surface area contributed by atoms with Crippen LogP contribution < -0.4 is 5.32 Å². The number of hydrogen-bond donors (Lipinski definition) is 6. The van der Waals surface area contributed by atoms with Crippen LogP contribution in [0, 0.1) is 11.8 Å². The molecule has 1 amide bonds. The number of carbonyl (C=O) groups excluding carboxylic acids is 1. The first kappa shape index (κ1) is 22.0. The van der Waals surface area contributed by atoms with Crippen LogP contribution in [-0.2, 0) is 9.53 Å². The highest BCUT2D eigenvalue weighted by Gasteiger charge is 2.30. The van der Waals surface area contributed by atoms with Crippen molar-refractivity contribution in [2.75, 3.05) is 26.4 Å². The van der Waals surface area contributed by atoms with E-state index in [1.807, 2.05) is 13.8 Å². The summed E-state index contributed by atoms with van der Waals surface area (Å²) in [7, 11) is 0. The van der Waals surface area contributed by atoms with Crippen molar-refractivity contribution >= 4 is 5.91 Å². The quantitative estimate of drug-likeness (QED) is 0.227. The Hall–Kier alpha value is -1.03. The molecule has 6 atom stereocenters. The summed E-state index contributed by atoms with van der Waals surface area (Å²) in [6.07, 6.45) is -5.03. The van der Waals surface area contributed by atoms with Gasteiger partial charge in [-0.25, -0.2) is 0 Å². The second-order valence-corrected chi connectivity index (χ2v) is 5.74. The molecule has 6 N–H and O–H groups in total. The molecule has 0 saturated carbocycles. The van der Waals surface area contributed by atoms with Crippen molar-refractivity contribution in [2.45, 2.75) is 38.3 Å². The molecule has 0 aliphatic rings. The molecule has 23 heavy (non-hydrogen) atoms. The molecule has 6 unspecified atom stereocenters. The first-order valence-corrected chi connectivity index (χ1v) is 7.55. The number of hydrogen-bond acceptors (Lipinski definition) is 7. The lowest BCUT2D eigenvalue weighted by Gasteiger charge is -2.26. The summed E-state index contributed by atoms with van der Waals surface area (Å²) < 4.78 is 5.30. The first-order chi connectivity index (χ1) is 10.7. The molecule has 0 aromatic rings. The molecule has 0 aromatic carbocycles. The number of ether oxygens (including phenoxy) is 1. The van der Waals surface area contributed by atoms with Gasteiger partial charge in [0.25, 0.3) is 0 Å². The number of amides is 1. The van der Waals surface area contributed by atoms with Crippen LogP contribution in [0.1, 0.15) is 13.8 Å². The van der Waals surface area contributed by atoms with E-state index in [1.165, 1.54) is 6.08 Å². The number of carbonyl (C=O) groups is 1. The standard InChI is InChI=1S/C15H29NO7/c1-4-13(20)16-5-9(2)10(3)7-23-8-12(19)15(22)14(21)11(18)6-17/h4,9-12,14-15,17-19,21-22H,1,5-8H2,2-3H3,(H,16,20). The van der Waals surface area contributed by atoms with Crippen LogP contribution in [0.4, 0.5) is 0 Å². The van der Waals surface area contributed by atoms with E-state index in [0.29, 0.717) is 6.54 Å². The van der Waals surface area contributed by atoms with Gasteiger partial charge in [0.05, 0.1) is 13.2 Å². The van der Waals surface area contributed by atoms with E-state index in [-0.39, 0.29) is 31.0 Å². The Balaban J connectivity index is 4.07. The number of rotatable bonds is 12. The average Bonchev–Trinajstić information content (AvgIpc) is 2.56. The topological polar surface area (TPSA) is 139 Å². The molecule has 0 heterocycles. The van der Waals surface area contributed by atoms with Crippen LogP contribution in [-0.4, -0.2) is 82.2 Å². The van der Waals surface area contributed by atoms with Gasteiger partial charge in [-0.2, -0.15) is 0 Å². The molecule has 0 aliphatic carbocycles. The molecule has 0 spiro atoms. The highest BCUT2D eigenvalue weighted by Crippen LogP contribution is 2.11. The van der Waals surface area contributed by atoms with Gasteiger partial charge in [0.15, 0.2) is 0 Å². The molecule has 8 nitrogen and oxygen atoms in total. The zero-order valence-corrected chi connectivity index (χ0v) is 13.6. The Labute approximate surface area is 136 Å². The van der Waals surface area contributed by atoms with Gasteiger partial charge < -0.3 is 35.6 Å². The Morgan fingerprint density at radius 3 is 2.17 bits per heavy atom. The number of aliphatic hydroxyl groups is 5. The Morgan fingerprint density at radius 1 is 1.09 bits per heavy atom. The maximum atomic E-state index is 11.1. The Kier molecular flexibility index (Phi) is 11.0. The molecule has 136 valence electrons. The minimum atomic E-state index is -1.66. The lowest BCUT2D eigenvalue weighted by molar-refractivity contribution is -0.130. The summed E-state index contributed by atoms with van der Waals surface area (Å²) in [6, 6.07) is 0. The van der Waals surface area contributed by atoms with E-state index in [4.69, 9.17) is 9.84 Å². The summed E-state index contributed by atoms with van der Waals surface area (Å²) in [6.45, 7) is 7.00. The van der Waals surface area contributed by atoms with Gasteiger partial charge in [0.2, 0.25) is 5.91 Å². The zero-order valence-electron chi connectivity index (χ0n) is 13.6. The highest BCUT2D eigenvalue weighted by molar-refractivity contribution is 5.86. The van der Waals surface area contributed by atoms with Crippen molar-refractivity contribution < 1.29 is 35.1 Å². The Morgan fingerprint density at radius 2 is 1.65 bits per heavy atom. The first-order valence-electron chi connectivity index (χ1n) is 7.55. The molecule has 8 heteroatoms. The van der Waals surface area contributed by atoms with Crippen molar-refractivity contribution in [1.82, 2.24) is 5.32 Å². The smallest absolute Gasteiger partial charge is 0.243 e. The third-order valence-corrected chi connectivity index (χ3v) is 3.75. The van der Waals surface area contributed by atoms with Crippen molar-refractivity contribution in [3.63, 3.8) is 0 Å². The van der Waals surface area contributed by atoms with Crippen molar-refractivity contribution in [3.05, 3.63) is 12.7 Å². The largest absolute Gasteiger partial charge is 0.394 e. The third-order valence-electron chi connectivity index (χ3n) is 3.75. The van der Waals surface area contributed by atoms with Crippen LogP contribution in [0.3, 0.4) is 0 Å². The maximum absolute atomic E-state index is 11.1. The predicted octanol–water partition coefficient (Wildman–Crippen LogP) is -1.99. The van der Waals surface area contributed by atoms with E-state index in [0.717, 1.165) is 0 Å². The summed E-state index contributed by atoms with van der Waals surface area (Å²) in [5.41, 5.74) is 0. The second kappa shape index (κ2) is 11.5. The van der Waals surface area contributed by atoms with Crippen LogP contribution >= 0.6 is 0 Å². The van der Waals surface area contributed by atoms with Gasteiger partial charge >= 0.3 is 0 Å². The van der Waals surface area contributed by atoms with Gasteiger partial charge in [-0.15, -0.1) is 0 Å². The van der Waals surface area contributed by atoms with Crippen molar-refractivity contribution in [3.8, 4) is 0 Å². The lowest BCUT2D eigenvalue weighted by atomic mass is 9.97. The van der Waals surface area contributed by atoms with E-state index < -0.39 is 31.0 Å². The SMILES string of the molecule is C=CC(=O)NCC(C)C(C)COCC(O)C(O)C(O)C(O)CO. The van der Waals surface area contributed by atoms with Gasteiger partial charge in [0, 0.05) is 13.2 Å². The van der Waals surface area contributed by atoms with Crippen LogP contribution in [0.15, 0.2) is 12.7 Å². The van der Waals surface area contributed by atoms with E-state index >= 15 is 0 Å². The van der Waals surface area contributed by atoms with Gasteiger partial charge in [-0.05, 0) is 17.9 Å². The fraction of sp³-hybridized carbons (Fsp3) is 0.800. The predicted molar refractivity (Wildman–Crippen MR) is 83.5 cm³/mol. The van der Waals surface area contributed by atoms with Crippen LogP contribution in [0.2, 0.25) is 0 Å². The monoisotopic (exact) mass is 335 g/mol. The van der Waals surface area contributed by atoms with E-state index in [1.54, 1.807) is 0 Å². The van der Waals surface area contributed by atoms with E-state index in [9.17, 15) is 25.2 Å². The minimum absolute atomic E-state index is 0.0809. The number of aliphatic hydroxyl groups excluding tert-OH is 5.